The molecule has 3 aromatic rings. The smallest absolute Gasteiger partial charge is 0.268 e. The number of benzene rings is 1. The van der Waals surface area contributed by atoms with E-state index in [1.54, 1.807) is 19.1 Å². The summed E-state index contributed by atoms with van der Waals surface area (Å²) in [4.78, 5) is 29.0. The number of alkyl halides is 2. The van der Waals surface area contributed by atoms with Gasteiger partial charge < -0.3 is 10.7 Å². The van der Waals surface area contributed by atoms with E-state index in [-0.39, 0.29) is 40.7 Å². The van der Waals surface area contributed by atoms with Crippen molar-refractivity contribution in [3.05, 3.63) is 75.3 Å². The molecule has 2 aliphatic carbocycles. The van der Waals surface area contributed by atoms with E-state index < -0.39 is 23.5 Å². The lowest BCUT2D eigenvalue weighted by Crippen LogP contribution is -2.47. The minimum absolute atomic E-state index is 0.00345. The Labute approximate surface area is 193 Å². The predicted octanol–water partition coefficient (Wildman–Crippen LogP) is 5.37. The first-order valence-electron chi connectivity index (χ1n) is 11.1. The lowest BCUT2D eigenvalue weighted by Gasteiger charge is -2.51. The maximum atomic E-state index is 13.6. The molecule has 0 saturated heterocycles. The van der Waals surface area contributed by atoms with Crippen LogP contribution in [0.4, 0.5) is 17.6 Å². The highest BCUT2D eigenvalue weighted by Gasteiger charge is 2.56. The quantitative estimate of drug-likeness (QED) is 0.489. The van der Waals surface area contributed by atoms with Gasteiger partial charge in [-0.25, -0.2) is 17.6 Å². The second kappa shape index (κ2) is 8.85. The number of halogens is 4. The van der Waals surface area contributed by atoms with Gasteiger partial charge in [-0.1, -0.05) is 6.07 Å². The lowest BCUT2D eigenvalue weighted by atomic mass is 9.56. The molecule has 1 amide bonds. The molecule has 0 atom stereocenters. The summed E-state index contributed by atoms with van der Waals surface area (Å²) < 4.78 is 52.9. The second-order valence-electron chi connectivity index (χ2n) is 9.35. The van der Waals surface area contributed by atoms with Gasteiger partial charge in [0.15, 0.2) is 17.1 Å². The molecule has 2 fully saturated rings. The number of rotatable bonds is 2. The largest absolute Gasteiger partial charge is 0.364 e. The van der Waals surface area contributed by atoms with E-state index in [9.17, 15) is 27.2 Å². The third-order valence-electron chi connectivity index (χ3n) is 7.04. The number of nitrogens with one attached hydrogen (secondary N) is 1. The minimum Gasteiger partial charge on any atom is -0.364 e. The molecule has 2 saturated carbocycles. The number of aromatic nitrogens is 2. The van der Waals surface area contributed by atoms with Gasteiger partial charge >= 0.3 is 0 Å². The zero-order valence-electron chi connectivity index (χ0n) is 18.6. The summed E-state index contributed by atoms with van der Waals surface area (Å²) in [5.74, 6) is -4.61. The molecule has 2 heterocycles. The minimum atomic E-state index is -2.48. The molecule has 1 aromatic carbocycles. The van der Waals surface area contributed by atoms with Crippen LogP contribution in [0.5, 0.6) is 0 Å². The zero-order valence-corrected chi connectivity index (χ0v) is 18.6. The van der Waals surface area contributed by atoms with E-state index in [0.29, 0.717) is 11.1 Å². The van der Waals surface area contributed by atoms with Crippen molar-refractivity contribution < 1.29 is 22.4 Å². The van der Waals surface area contributed by atoms with Gasteiger partial charge in [-0.3, -0.25) is 14.6 Å². The normalized spacial score (nSPS) is 18.7. The molecule has 34 heavy (non-hydrogen) atoms. The molecule has 180 valence electrons. The Bertz CT molecular complexity index is 1280. The molecule has 2 aliphatic rings. The fraction of sp³-hybridized carbons (Fsp3) is 0.400. The van der Waals surface area contributed by atoms with Crippen LogP contribution in [0.15, 0.2) is 41.5 Å². The number of pyridine rings is 2. The number of hydrogen-bond acceptors (Lipinski definition) is 3. The third kappa shape index (κ3) is 4.56. The highest BCUT2D eigenvalue weighted by molar-refractivity contribution is 6.03. The number of carbonyl (C=O) groups excluding carboxylic acids is 1. The number of nitrogens with zero attached hydrogens (tertiary/aromatic N) is 1. The van der Waals surface area contributed by atoms with Crippen LogP contribution in [0.25, 0.3) is 10.9 Å². The molecule has 0 aliphatic heterocycles. The molecule has 5 nitrogen and oxygen atoms in total. The molecule has 0 bridgehead atoms. The Hall–Kier alpha value is -3.23. The summed E-state index contributed by atoms with van der Waals surface area (Å²) in [7, 11) is 0. The summed E-state index contributed by atoms with van der Waals surface area (Å²) in [6.07, 6.45) is 6.07. The van der Waals surface area contributed by atoms with Crippen LogP contribution in [0.1, 0.15) is 66.1 Å². The Morgan fingerprint density at radius 3 is 2.41 bits per heavy atom. The number of aromatic amines is 1. The Balaban J connectivity index is 0.000000172. The second-order valence-corrected chi connectivity index (χ2v) is 9.35. The molecule has 1 spiro atoms. The number of nitrogens with two attached hydrogens (primary N) is 1. The van der Waals surface area contributed by atoms with E-state index in [1.807, 2.05) is 0 Å². The fourth-order valence-electron chi connectivity index (χ4n) is 5.36. The summed E-state index contributed by atoms with van der Waals surface area (Å²) in [6, 6.07) is 5.75. The van der Waals surface area contributed by atoms with Gasteiger partial charge in [-0.15, -0.1) is 0 Å². The topological polar surface area (TPSA) is 88.8 Å². The average Bonchev–Trinajstić information content (AvgIpc) is 2.77. The molecule has 5 rings (SSSR count). The van der Waals surface area contributed by atoms with Crippen LogP contribution in [0, 0.1) is 24.0 Å². The van der Waals surface area contributed by atoms with Gasteiger partial charge in [0.1, 0.15) is 5.69 Å². The SMILES string of the molecule is Cc1c(C2CCC3(CC2)CC(F)(F)C3)ccc(F)c1F.NC(=O)c1nccc2[nH]ccc(=O)c12. The van der Waals surface area contributed by atoms with E-state index >= 15 is 0 Å². The standard InChI is InChI=1S/C16H18F4.C9H7N3O2/c1-10-12(2-3-13(17)14(10)18)11-4-6-15(7-5-11)8-16(19,20)9-15;10-9(14)8-7-5(1-3-12-8)11-4-2-6(7)13/h2-3,11H,4-9H2,1H3;1-4H,(H2,10,14)(H,11,13). The number of hydrogen-bond donors (Lipinski definition) is 2. The monoisotopic (exact) mass is 475 g/mol. The van der Waals surface area contributed by atoms with E-state index in [2.05, 4.69) is 9.97 Å². The lowest BCUT2D eigenvalue weighted by molar-refractivity contribution is -0.173. The van der Waals surface area contributed by atoms with Crippen molar-refractivity contribution in [3.8, 4) is 0 Å². The first-order valence-corrected chi connectivity index (χ1v) is 11.1. The number of fused-ring (bicyclic) bond motifs is 1. The summed E-state index contributed by atoms with van der Waals surface area (Å²) in [5.41, 5.74) is 6.41. The maximum absolute atomic E-state index is 13.6. The van der Waals surface area contributed by atoms with Gasteiger partial charge in [-0.2, -0.15) is 0 Å². The molecular formula is C25H25F4N3O2. The van der Waals surface area contributed by atoms with E-state index in [4.69, 9.17) is 5.73 Å². The number of amides is 1. The maximum Gasteiger partial charge on any atom is 0.268 e. The molecule has 0 radical (unpaired) electrons. The number of carbonyl (C=O) groups is 1. The first-order chi connectivity index (χ1) is 16.0. The molecule has 2 aromatic heterocycles. The molecular weight excluding hydrogens is 450 g/mol. The molecule has 9 heteroatoms. The number of H-pyrrole nitrogens is 1. The van der Waals surface area contributed by atoms with Gasteiger partial charge in [0.25, 0.3) is 5.91 Å². The predicted molar refractivity (Wildman–Crippen MR) is 120 cm³/mol. The van der Waals surface area contributed by atoms with Crippen molar-refractivity contribution in [1.29, 1.82) is 0 Å². The van der Waals surface area contributed by atoms with Gasteiger partial charge in [0, 0.05) is 31.3 Å². The first kappa shape index (κ1) is 23.9. The molecule has 3 N–H and O–H groups in total. The van der Waals surface area contributed by atoms with Crippen LogP contribution in [-0.2, 0) is 0 Å². The van der Waals surface area contributed by atoms with Gasteiger partial charge in [-0.05, 0) is 67.2 Å². The Kier molecular flexibility index (Phi) is 6.22. The van der Waals surface area contributed by atoms with E-state index in [1.165, 1.54) is 24.5 Å². The van der Waals surface area contributed by atoms with Gasteiger partial charge in [0.2, 0.25) is 5.92 Å². The highest BCUT2D eigenvalue weighted by Crippen LogP contribution is 2.60. The highest BCUT2D eigenvalue weighted by atomic mass is 19.3. The summed E-state index contributed by atoms with van der Waals surface area (Å²) in [5, 5.41) is 0.238. The van der Waals surface area contributed by atoms with Crippen molar-refractivity contribution in [2.45, 2.75) is 57.3 Å². The number of primary amides is 1. The molecule has 0 unspecified atom stereocenters. The van der Waals surface area contributed by atoms with Gasteiger partial charge in [0.05, 0.1) is 10.9 Å². The van der Waals surface area contributed by atoms with Crippen molar-refractivity contribution in [1.82, 2.24) is 9.97 Å². The third-order valence-corrected chi connectivity index (χ3v) is 7.04. The zero-order chi connectivity index (χ0) is 24.7. The van der Waals surface area contributed by atoms with Crippen LogP contribution >= 0.6 is 0 Å². The summed E-state index contributed by atoms with van der Waals surface area (Å²) >= 11 is 0. The van der Waals surface area contributed by atoms with Crippen molar-refractivity contribution in [3.63, 3.8) is 0 Å². The van der Waals surface area contributed by atoms with Crippen LogP contribution in [0.3, 0.4) is 0 Å². The Morgan fingerprint density at radius 1 is 1.12 bits per heavy atom. The van der Waals surface area contributed by atoms with Crippen LogP contribution in [-0.4, -0.2) is 21.8 Å². The Morgan fingerprint density at radius 2 is 1.79 bits per heavy atom. The van der Waals surface area contributed by atoms with Crippen LogP contribution < -0.4 is 11.2 Å². The summed E-state index contributed by atoms with van der Waals surface area (Å²) in [6.45, 7) is 1.59. The van der Waals surface area contributed by atoms with Crippen molar-refractivity contribution >= 4 is 16.8 Å². The van der Waals surface area contributed by atoms with Crippen LogP contribution in [0.2, 0.25) is 0 Å². The average molecular weight is 475 g/mol. The van der Waals surface area contributed by atoms with Crippen molar-refractivity contribution in [2.24, 2.45) is 11.1 Å². The van der Waals surface area contributed by atoms with E-state index in [0.717, 1.165) is 31.2 Å². The fourth-order valence-corrected chi connectivity index (χ4v) is 5.36. The van der Waals surface area contributed by atoms with Crippen molar-refractivity contribution in [2.75, 3.05) is 0 Å².